The Morgan fingerprint density at radius 2 is 1.83 bits per heavy atom. The molecule has 0 aliphatic carbocycles. The summed E-state index contributed by atoms with van der Waals surface area (Å²) in [7, 11) is -2.50. The number of halogens is 1. The van der Waals surface area contributed by atoms with Gasteiger partial charge in [0.1, 0.15) is 23.9 Å². The van der Waals surface area contributed by atoms with E-state index in [1.54, 1.807) is 12.1 Å². The van der Waals surface area contributed by atoms with Gasteiger partial charge in [0.05, 0.1) is 10.6 Å². The maximum atomic E-state index is 12.0. The Balaban J connectivity index is 1.96. The van der Waals surface area contributed by atoms with Crippen LogP contribution in [-0.4, -0.2) is 34.6 Å². The lowest BCUT2D eigenvalue weighted by Crippen LogP contribution is -2.20. The summed E-state index contributed by atoms with van der Waals surface area (Å²) in [6.45, 7) is 0.218. The van der Waals surface area contributed by atoms with Crippen molar-refractivity contribution in [2.75, 3.05) is 20.3 Å². The molecular weight excluding hydrogens is 354 g/mol. The van der Waals surface area contributed by atoms with E-state index in [1.165, 1.54) is 25.2 Å². The van der Waals surface area contributed by atoms with Gasteiger partial charge in [0.25, 0.3) is 0 Å². The van der Waals surface area contributed by atoms with Gasteiger partial charge in [-0.2, -0.15) is 0 Å². The molecule has 2 rings (SSSR count). The van der Waals surface area contributed by atoms with E-state index in [-0.39, 0.29) is 28.7 Å². The average molecular weight is 370 g/mol. The van der Waals surface area contributed by atoms with Gasteiger partial charge in [0, 0.05) is 0 Å². The lowest BCUT2D eigenvalue weighted by Gasteiger charge is -2.09. The standard InChI is InChI=1S/C16H16ClNO5S/c1-18-24(20,21)15-11-12(7-8-14(15)17)16(19)23-10-9-22-13-5-3-2-4-6-13/h2-8,11,18H,9-10H2,1H3. The minimum absolute atomic E-state index is 0.0216. The Bertz CT molecular complexity index is 808. The molecule has 0 heterocycles. The Labute approximate surface area is 145 Å². The summed E-state index contributed by atoms with van der Waals surface area (Å²) in [6, 6.07) is 13.0. The van der Waals surface area contributed by atoms with Crippen molar-refractivity contribution in [3.63, 3.8) is 0 Å². The van der Waals surface area contributed by atoms with Crippen LogP contribution in [-0.2, 0) is 14.8 Å². The molecule has 0 aromatic heterocycles. The van der Waals surface area contributed by atoms with Crippen LogP contribution in [0.5, 0.6) is 5.75 Å². The molecule has 0 aliphatic heterocycles. The van der Waals surface area contributed by atoms with Gasteiger partial charge >= 0.3 is 5.97 Å². The number of carbonyl (C=O) groups excluding carboxylic acids is 1. The molecule has 128 valence electrons. The summed E-state index contributed by atoms with van der Waals surface area (Å²) in [5.41, 5.74) is 0.0907. The molecule has 0 aliphatic rings. The van der Waals surface area contributed by atoms with Crippen molar-refractivity contribution in [3.05, 3.63) is 59.1 Å². The van der Waals surface area contributed by atoms with Gasteiger partial charge in [-0.3, -0.25) is 0 Å². The molecule has 24 heavy (non-hydrogen) atoms. The molecule has 0 unspecified atom stereocenters. The molecule has 0 amide bonds. The Kier molecular flexibility index (Phi) is 6.19. The van der Waals surface area contributed by atoms with Crippen LogP contribution in [0.1, 0.15) is 10.4 Å². The molecule has 0 spiro atoms. The number of nitrogens with one attached hydrogen (secondary N) is 1. The molecule has 0 fully saturated rings. The molecule has 0 saturated heterocycles. The van der Waals surface area contributed by atoms with E-state index in [0.717, 1.165) is 0 Å². The average Bonchev–Trinajstić information content (AvgIpc) is 2.59. The number of hydrogen-bond donors (Lipinski definition) is 1. The fourth-order valence-corrected chi connectivity index (χ4v) is 3.09. The number of para-hydroxylation sites is 1. The van der Waals surface area contributed by atoms with Crippen LogP contribution in [0.2, 0.25) is 5.02 Å². The van der Waals surface area contributed by atoms with E-state index < -0.39 is 16.0 Å². The zero-order valence-electron chi connectivity index (χ0n) is 12.9. The normalized spacial score (nSPS) is 11.1. The summed E-state index contributed by atoms with van der Waals surface area (Å²) < 4.78 is 36.3. The number of ether oxygens (including phenoxy) is 2. The van der Waals surface area contributed by atoms with Crippen molar-refractivity contribution in [3.8, 4) is 5.75 Å². The predicted molar refractivity (Wildman–Crippen MR) is 89.9 cm³/mol. The number of rotatable bonds is 7. The van der Waals surface area contributed by atoms with E-state index in [9.17, 15) is 13.2 Å². The number of carbonyl (C=O) groups is 1. The zero-order chi connectivity index (χ0) is 17.6. The molecule has 8 heteroatoms. The van der Waals surface area contributed by atoms with Gasteiger partial charge in [0.15, 0.2) is 0 Å². The third-order valence-electron chi connectivity index (χ3n) is 3.05. The van der Waals surface area contributed by atoms with Gasteiger partial charge in [-0.05, 0) is 37.4 Å². The van der Waals surface area contributed by atoms with Gasteiger partial charge in [0.2, 0.25) is 10.0 Å². The first-order valence-corrected chi connectivity index (χ1v) is 8.88. The summed E-state index contributed by atoms with van der Waals surface area (Å²) in [5, 5.41) is 0.0216. The van der Waals surface area contributed by atoms with Crippen molar-refractivity contribution in [1.29, 1.82) is 0 Å². The summed E-state index contributed by atoms with van der Waals surface area (Å²) >= 11 is 5.87. The SMILES string of the molecule is CNS(=O)(=O)c1cc(C(=O)OCCOc2ccccc2)ccc1Cl. The van der Waals surface area contributed by atoms with E-state index in [0.29, 0.717) is 5.75 Å². The highest BCUT2D eigenvalue weighted by atomic mass is 35.5. The second-order valence-electron chi connectivity index (χ2n) is 4.65. The van der Waals surface area contributed by atoms with Crippen molar-refractivity contribution < 1.29 is 22.7 Å². The van der Waals surface area contributed by atoms with Gasteiger partial charge in [-0.1, -0.05) is 29.8 Å². The second-order valence-corrected chi connectivity index (χ2v) is 6.91. The van der Waals surface area contributed by atoms with E-state index >= 15 is 0 Å². The first-order valence-electron chi connectivity index (χ1n) is 7.02. The van der Waals surface area contributed by atoms with Gasteiger partial charge < -0.3 is 9.47 Å². The van der Waals surface area contributed by atoms with E-state index in [2.05, 4.69) is 4.72 Å². The topological polar surface area (TPSA) is 81.7 Å². The molecule has 1 N–H and O–H groups in total. The maximum Gasteiger partial charge on any atom is 0.338 e. The lowest BCUT2D eigenvalue weighted by molar-refractivity contribution is 0.0450. The van der Waals surface area contributed by atoms with Crippen molar-refractivity contribution in [2.24, 2.45) is 0 Å². The third-order valence-corrected chi connectivity index (χ3v) is 4.95. The summed E-state index contributed by atoms with van der Waals surface area (Å²) in [5.74, 6) is 0.0123. The van der Waals surface area contributed by atoms with Gasteiger partial charge in [-0.15, -0.1) is 0 Å². The molecule has 2 aromatic rings. The fraction of sp³-hybridized carbons (Fsp3) is 0.188. The Hall–Kier alpha value is -2.09. The quantitative estimate of drug-likeness (QED) is 0.599. The van der Waals surface area contributed by atoms with E-state index in [1.807, 2.05) is 18.2 Å². The fourth-order valence-electron chi connectivity index (χ4n) is 1.84. The minimum Gasteiger partial charge on any atom is -0.490 e. The molecule has 0 saturated carbocycles. The molecule has 2 aromatic carbocycles. The maximum absolute atomic E-state index is 12.0. The van der Waals surface area contributed by atoms with Crippen LogP contribution in [0, 0.1) is 0 Å². The summed E-state index contributed by atoms with van der Waals surface area (Å²) in [6.07, 6.45) is 0. The number of sulfonamides is 1. The third kappa shape index (κ3) is 4.70. The van der Waals surface area contributed by atoms with Gasteiger partial charge in [-0.25, -0.2) is 17.9 Å². The molecule has 0 atom stereocenters. The smallest absolute Gasteiger partial charge is 0.338 e. The van der Waals surface area contributed by atoms with Crippen LogP contribution in [0.3, 0.4) is 0 Å². The van der Waals surface area contributed by atoms with Crippen LogP contribution in [0.15, 0.2) is 53.4 Å². The van der Waals surface area contributed by atoms with E-state index in [4.69, 9.17) is 21.1 Å². The zero-order valence-corrected chi connectivity index (χ0v) is 14.4. The Morgan fingerprint density at radius 3 is 2.50 bits per heavy atom. The molecule has 0 radical (unpaired) electrons. The number of benzene rings is 2. The number of hydrogen-bond acceptors (Lipinski definition) is 5. The predicted octanol–water partition coefficient (Wildman–Crippen LogP) is 2.48. The summed E-state index contributed by atoms with van der Waals surface area (Å²) in [4.78, 5) is 11.8. The largest absolute Gasteiger partial charge is 0.490 e. The monoisotopic (exact) mass is 369 g/mol. The van der Waals surface area contributed by atoms with Crippen LogP contribution in [0.25, 0.3) is 0 Å². The first kappa shape index (κ1) is 18.3. The minimum atomic E-state index is -3.76. The molecule has 6 nitrogen and oxygen atoms in total. The second kappa shape index (κ2) is 8.14. The van der Waals surface area contributed by atoms with Crippen molar-refractivity contribution >= 4 is 27.6 Å². The lowest BCUT2D eigenvalue weighted by atomic mass is 10.2. The van der Waals surface area contributed by atoms with Crippen molar-refractivity contribution in [1.82, 2.24) is 4.72 Å². The first-order chi connectivity index (χ1) is 11.4. The van der Waals surface area contributed by atoms with Crippen LogP contribution < -0.4 is 9.46 Å². The molecule has 0 bridgehead atoms. The van der Waals surface area contributed by atoms with Crippen LogP contribution >= 0.6 is 11.6 Å². The highest BCUT2D eigenvalue weighted by molar-refractivity contribution is 7.89. The Morgan fingerprint density at radius 1 is 1.12 bits per heavy atom. The van der Waals surface area contributed by atoms with Crippen molar-refractivity contribution in [2.45, 2.75) is 4.90 Å². The van der Waals surface area contributed by atoms with Crippen LogP contribution in [0.4, 0.5) is 0 Å². The number of esters is 1. The molecular formula is C16H16ClNO5S. The highest BCUT2D eigenvalue weighted by Crippen LogP contribution is 2.22. The highest BCUT2D eigenvalue weighted by Gasteiger charge is 2.19.